The maximum Gasteiger partial charge on any atom is 0.122 e. The van der Waals surface area contributed by atoms with Gasteiger partial charge in [-0.15, -0.1) is 0 Å². The number of hydrogen-bond donors (Lipinski definition) is 0. The standard InChI is InChI=1S/C21H26N2O/c1-15-10-11-16(2)19(14-15)24-13-12-23-18-9-7-6-8-17(18)22-20(23)21(3,4)5/h6-11,14H,12-13H2,1-5H3. The molecule has 1 heterocycles. The zero-order valence-corrected chi connectivity index (χ0v) is 15.3. The molecule has 0 N–H and O–H groups in total. The largest absolute Gasteiger partial charge is 0.491 e. The summed E-state index contributed by atoms with van der Waals surface area (Å²) in [5, 5.41) is 0. The SMILES string of the molecule is Cc1ccc(C)c(OCCn2c(C(C)(C)C)nc3ccccc32)c1. The minimum atomic E-state index is -0.00171. The Bertz CT molecular complexity index is 856. The summed E-state index contributed by atoms with van der Waals surface area (Å²) in [5.41, 5.74) is 4.62. The summed E-state index contributed by atoms with van der Waals surface area (Å²) < 4.78 is 8.35. The zero-order chi connectivity index (χ0) is 17.3. The molecule has 0 spiro atoms. The average molecular weight is 322 g/mol. The summed E-state index contributed by atoms with van der Waals surface area (Å²) in [6, 6.07) is 14.6. The fourth-order valence-corrected chi connectivity index (χ4v) is 2.98. The smallest absolute Gasteiger partial charge is 0.122 e. The first kappa shape index (κ1) is 16.6. The highest BCUT2D eigenvalue weighted by Crippen LogP contribution is 2.26. The number of para-hydroxylation sites is 2. The van der Waals surface area contributed by atoms with Crippen LogP contribution in [0.3, 0.4) is 0 Å². The van der Waals surface area contributed by atoms with Crippen LogP contribution in [0.5, 0.6) is 5.75 Å². The molecule has 3 heteroatoms. The van der Waals surface area contributed by atoms with Crippen molar-refractivity contribution in [2.45, 2.75) is 46.6 Å². The second kappa shape index (κ2) is 6.31. The molecule has 3 nitrogen and oxygen atoms in total. The average Bonchev–Trinajstić information content (AvgIpc) is 2.90. The van der Waals surface area contributed by atoms with Crippen molar-refractivity contribution in [3.05, 3.63) is 59.4 Å². The van der Waals surface area contributed by atoms with Crippen LogP contribution in [-0.2, 0) is 12.0 Å². The number of nitrogens with zero attached hydrogens (tertiary/aromatic N) is 2. The van der Waals surface area contributed by atoms with Gasteiger partial charge < -0.3 is 9.30 Å². The highest BCUT2D eigenvalue weighted by Gasteiger charge is 2.22. The quantitative estimate of drug-likeness (QED) is 0.673. The minimum Gasteiger partial charge on any atom is -0.491 e. The van der Waals surface area contributed by atoms with Crippen molar-refractivity contribution >= 4 is 11.0 Å². The van der Waals surface area contributed by atoms with Crippen molar-refractivity contribution < 1.29 is 4.74 Å². The molecule has 0 fully saturated rings. The van der Waals surface area contributed by atoms with Crippen LogP contribution >= 0.6 is 0 Å². The van der Waals surface area contributed by atoms with E-state index in [1.54, 1.807) is 0 Å². The lowest BCUT2D eigenvalue weighted by atomic mass is 9.95. The van der Waals surface area contributed by atoms with E-state index in [4.69, 9.17) is 9.72 Å². The molecular formula is C21H26N2O. The summed E-state index contributed by atoms with van der Waals surface area (Å²) in [6.45, 7) is 12.2. The Morgan fingerprint density at radius 2 is 1.79 bits per heavy atom. The third kappa shape index (κ3) is 3.30. The highest BCUT2D eigenvalue weighted by atomic mass is 16.5. The maximum atomic E-state index is 6.06. The van der Waals surface area contributed by atoms with Crippen molar-refractivity contribution in [2.75, 3.05) is 6.61 Å². The van der Waals surface area contributed by atoms with Crippen molar-refractivity contribution in [2.24, 2.45) is 0 Å². The van der Waals surface area contributed by atoms with Gasteiger partial charge in [0.2, 0.25) is 0 Å². The predicted molar refractivity (Wildman–Crippen MR) is 99.8 cm³/mol. The molecule has 0 amide bonds. The van der Waals surface area contributed by atoms with Crippen molar-refractivity contribution in [1.29, 1.82) is 0 Å². The van der Waals surface area contributed by atoms with Crippen LogP contribution in [0.25, 0.3) is 11.0 Å². The van der Waals surface area contributed by atoms with Gasteiger partial charge >= 0.3 is 0 Å². The molecule has 0 aliphatic carbocycles. The van der Waals surface area contributed by atoms with E-state index in [0.29, 0.717) is 6.61 Å². The fourth-order valence-electron chi connectivity index (χ4n) is 2.98. The van der Waals surface area contributed by atoms with E-state index in [9.17, 15) is 0 Å². The molecule has 2 aromatic carbocycles. The van der Waals surface area contributed by atoms with Crippen LogP contribution in [0.1, 0.15) is 37.7 Å². The van der Waals surface area contributed by atoms with Gasteiger partial charge in [-0.1, -0.05) is 45.0 Å². The molecular weight excluding hydrogens is 296 g/mol. The Hall–Kier alpha value is -2.29. The van der Waals surface area contributed by atoms with E-state index in [2.05, 4.69) is 75.6 Å². The first-order valence-electron chi connectivity index (χ1n) is 8.52. The lowest BCUT2D eigenvalue weighted by Gasteiger charge is -2.20. The summed E-state index contributed by atoms with van der Waals surface area (Å²) >= 11 is 0. The van der Waals surface area contributed by atoms with Crippen LogP contribution in [0, 0.1) is 13.8 Å². The summed E-state index contributed by atoms with van der Waals surface area (Å²) in [5.74, 6) is 2.07. The van der Waals surface area contributed by atoms with Crippen LogP contribution in [0.4, 0.5) is 0 Å². The van der Waals surface area contributed by atoms with Gasteiger partial charge in [-0.25, -0.2) is 4.98 Å². The van der Waals surface area contributed by atoms with Crippen LogP contribution in [0.2, 0.25) is 0 Å². The van der Waals surface area contributed by atoms with Crippen molar-refractivity contribution in [3.63, 3.8) is 0 Å². The van der Waals surface area contributed by atoms with E-state index in [0.717, 1.165) is 23.6 Å². The van der Waals surface area contributed by atoms with Gasteiger partial charge in [0.05, 0.1) is 17.6 Å². The molecule has 0 radical (unpaired) electrons. The Balaban J connectivity index is 1.85. The molecule has 24 heavy (non-hydrogen) atoms. The molecule has 3 rings (SSSR count). The first-order chi connectivity index (χ1) is 11.4. The van der Waals surface area contributed by atoms with Crippen molar-refractivity contribution in [3.8, 4) is 5.75 Å². The summed E-state index contributed by atoms with van der Waals surface area (Å²) in [6.07, 6.45) is 0. The van der Waals surface area contributed by atoms with Gasteiger partial charge in [0.25, 0.3) is 0 Å². The fraction of sp³-hybridized carbons (Fsp3) is 0.381. The van der Waals surface area contributed by atoms with Gasteiger partial charge in [-0.3, -0.25) is 0 Å². The van der Waals surface area contributed by atoms with Crippen LogP contribution in [-0.4, -0.2) is 16.2 Å². The lowest BCUT2D eigenvalue weighted by Crippen LogP contribution is -2.21. The van der Waals surface area contributed by atoms with E-state index < -0.39 is 0 Å². The van der Waals surface area contributed by atoms with E-state index >= 15 is 0 Å². The molecule has 0 atom stereocenters. The van der Waals surface area contributed by atoms with Gasteiger partial charge in [0.15, 0.2) is 0 Å². The van der Waals surface area contributed by atoms with E-state index in [1.165, 1.54) is 16.6 Å². The van der Waals surface area contributed by atoms with Gasteiger partial charge in [0.1, 0.15) is 18.2 Å². The molecule has 126 valence electrons. The maximum absolute atomic E-state index is 6.06. The molecule has 1 aromatic heterocycles. The first-order valence-corrected chi connectivity index (χ1v) is 8.52. The molecule has 0 aliphatic heterocycles. The normalized spacial score (nSPS) is 11.9. The zero-order valence-electron chi connectivity index (χ0n) is 15.3. The molecule has 0 unspecified atom stereocenters. The number of benzene rings is 2. The van der Waals surface area contributed by atoms with Crippen molar-refractivity contribution in [1.82, 2.24) is 9.55 Å². The third-order valence-corrected chi connectivity index (χ3v) is 4.24. The minimum absolute atomic E-state index is 0.00171. The lowest BCUT2D eigenvalue weighted by molar-refractivity contribution is 0.293. The predicted octanol–water partition coefficient (Wildman–Crippen LogP) is 5.03. The number of hydrogen-bond acceptors (Lipinski definition) is 2. The molecule has 0 aliphatic rings. The number of aromatic nitrogens is 2. The highest BCUT2D eigenvalue weighted by molar-refractivity contribution is 5.76. The number of imidazole rings is 1. The second-order valence-corrected chi connectivity index (χ2v) is 7.44. The molecule has 0 bridgehead atoms. The summed E-state index contributed by atoms with van der Waals surface area (Å²) in [4.78, 5) is 4.85. The number of aryl methyl sites for hydroxylation is 2. The van der Waals surface area contributed by atoms with Crippen LogP contribution in [0.15, 0.2) is 42.5 Å². The van der Waals surface area contributed by atoms with Gasteiger partial charge in [0, 0.05) is 5.41 Å². The van der Waals surface area contributed by atoms with Crippen LogP contribution < -0.4 is 4.74 Å². The molecule has 3 aromatic rings. The Morgan fingerprint density at radius 1 is 1.04 bits per heavy atom. The van der Waals surface area contributed by atoms with E-state index in [-0.39, 0.29) is 5.41 Å². The molecule has 0 saturated heterocycles. The Kier molecular flexibility index (Phi) is 4.35. The number of fused-ring (bicyclic) bond motifs is 1. The van der Waals surface area contributed by atoms with E-state index in [1.807, 2.05) is 6.07 Å². The monoisotopic (exact) mass is 322 g/mol. The third-order valence-electron chi connectivity index (χ3n) is 4.24. The second-order valence-electron chi connectivity index (χ2n) is 7.44. The number of rotatable bonds is 4. The topological polar surface area (TPSA) is 27.1 Å². The summed E-state index contributed by atoms with van der Waals surface area (Å²) in [7, 11) is 0. The van der Waals surface area contributed by atoms with Gasteiger partial charge in [-0.05, 0) is 43.2 Å². The number of ether oxygens (including phenoxy) is 1. The molecule has 0 saturated carbocycles. The van der Waals surface area contributed by atoms with Gasteiger partial charge in [-0.2, -0.15) is 0 Å². The Labute approximate surface area is 144 Å². The Morgan fingerprint density at radius 3 is 2.54 bits per heavy atom.